The lowest BCUT2D eigenvalue weighted by molar-refractivity contribution is 0.132. The van der Waals surface area contributed by atoms with Crippen molar-refractivity contribution in [1.29, 1.82) is 0 Å². The number of hydrogen-bond acceptors (Lipinski definition) is 3. The Morgan fingerprint density at radius 1 is 1.23 bits per heavy atom. The molecule has 5 nitrogen and oxygen atoms in total. The molecule has 2 heterocycles. The van der Waals surface area contributed by atoms with Crippen LogP contribution in [0.5, 0.6) is 0 Å². The highest BCUT2D eigenvalue weighted by atomic mass is 16.2. The van der Waals surface area contributed by atoms with Crippen LogP contribution in [0.15, 0.2) is 24.5 Å². The van der Waals surface area contributed by atoms with Crippen LogP contribution in [0.4, 0.5) is 4.79 Å². The summed E-state index contributed by atoms with van der Waals surface area (Å²) in [6.07, 6.45) is 13.4. The summed E-state index contributed by atoms with van der Waals surface area (Å²) in [7, 11) is 0. The summed E-state index contributed by atoms with van der Waals surface area (Å²) in [6, 6.07) is 5.12. The summed E-state index contributed by atoms with van der Waals surface area (Å²) in [5.74, 6) is 0. The summed E-state index contributed by atoms with van der Waals surface area (Å²) in [4.78, 5) is 21.6. The van der Waals surface area contributed by atoms with E-state index in [4.69, 9.17) is 0 Å². The van der Waals surface area contributed by atoms with Crippen molar-refractivity contribution in [2.24, 2.45) is 0 Å². The largest absolute Gasteiger partial charge is 0.334 e. The summed E-state index contributed by atoms with van der Waals surface area (Å²) < 4.78 is 0. The maximum Gasteiger partial charge on any atom is 0.317 e. The fourth-order valence-corrected chi connectivity index (χ4v) is 4.30. The second-order valence-electron chi connectivity index (χ2n) is 7.85. The molecule has 144 valence electrons. The van der Waals surface area contributed by atoms with Crippen LogP contribution in [0.1, 0.15) is 63.9 Å². The number of piperidine rings is 1. The smallest absolute Gasteiger partial charge is 0.317 e. The lowest BCUT2D eigenvalue weighted by Gasteiger charge is -2.38. The minimum atomic E-state index is 0.0912. The average molecular weight is 359 g/mol. The highest BCUT2D eigenvalue weighted by molar-refractivity contribution is 5.74. The van der Waals surface area contributed by atoms with Gasteiger partial charge in [0.2, 0.25) is 0 Å². The first-order valence-electron chi connectivity index (χ1n) is 10.4. The molecule has 0 aromatic carbocycles. The van der Waals surface area contributed by atoms with E-state index in [0.717, 1.165) is 44.0 Å². The number of rotatable bonds is 7. The van der Waals surface area contributed by atoms with E-state index in [9.17, 15) is 4.79 Å². The maximum absolute atomic E-state index is 12.9. The first kappa shape index (κ1) is 19.2. The second-order valence-corrected chi connectivity index (χ2v) is 7.85. The zero-order valence-electron chi connectivity index (χ0n) is 16.2. The first-order chi connectivity index (χ1) is 12.8. The molecule has 1 aromatic heterocycles. The van der Waals surface area contributed by atoms with Crippen molar-refractivity contribution in [3.8, 4) is 0 Å². The minimum absolute atomic E-state index is 0.0912. The average Bonchev–Trinajstić information content (AvgIpc) is 3.21. The number of pyridine rings is 1. The van der Waals surface area contributed by atoms with Crippen molar-refractivity contribution in [3.63, 3.8) is 0 Å². The van der Waals surface area contributed by atoms with Crippen LogP contribution in [0.2, 0.25) is 0 Å². The number of likely N-dealkylation sites (tertiary alicyclic amines) is 1. The molecule has 0 spiro atoms. The maximum atomic E-state index is 12.9. The Balaban J connectivity index is 1.55. The third-order valence-corrected chi connectivity index (χ3v) is 5.81. The van der Waals surface area contributed by atoms with Gasteiger partial charge in [0.25, 0.3) is 0 Å². The van der Waals surface area contributed by atoms with Gasteiger partial charge in [0.1, 0.15) is 0 Å². The van der Waals surface area contributed by atoms with Crippen molar-refractivity contribution >= 4 is 6.03 Å². The topological polar surface area (TPSA) is 48.5 Å². The van der Waals surface area contributed by atoms with Gasteiger partial charge in [-0.1, -0.05) is 26.2 Å². The van der Waals surface area contributed by atoms with Crippen LogP contribution in [0, 0.1) is 0 Å². The Bertz CT molecular complexity index is 544. The number of hydrogen-bond donors (Lipinski definition) is 1. The van der Waals surface area contributed by atoms with Gasteiger partial charge in [-0.25, -0.2) is 4.79 Å². The number of aromatic nitrogens is 1. The Kier molecular flexibility index (Phi) is 7.30. The van der Waals surface area contributed by atoms with Gasteiger partial charge in [0.15, 0.2) is 0 Å². The molecule has 2 amide bonds. The van der Waals surface area contributed by atoms with Gasteiger partial charge in [0, 0.05) is 44.1 Å². The molecule has 0 bridgehead atoms. The number of carbonyl (C=O) groups is 1. The molecule has 3 rings (SSSR count). The van der Waals surface area contributed by atoms with Crippen molar-refractivity contribution < 1.29 is 4.79 Å². The van der Waals surface area contributed by atoms with Crippen LogP contribution in [0.25, 0.3) is 0 Å². The van der Waals surface area contributed by atoms with Gasteiger partial charge in [-0.15, -0.1) is 0 Å². The van der Waals surface area contributed by atoms with E-state index < -0.39 is 0 Å². The monoisotopic (exact) mass is 358 g/mol. The normalized spacial score (nSPS) is 21.7. The van der Waals surface area contributed by atoms with E-state index in [1.54, 1.807) is 12.4 Å². The zero-order valence-corrected chi connectivity index (χ0v) is 16.2. The van der Waals surface area contributed by atoms with E-state index in [1.807, 2.05) is 17.0 Å². The number of nitrogens with one attached hydrogen (secondary N) is 1. The molecule has 0 radical (unpaired) electrons. The molecular weight excluding hydrogens is 324 g/mol. The van der Waals surface area contributed by atoms with E-state index >= 15 is 0 Å². The number of nitrogens with zero attached hydrogens (tertiary/aromatic N) is 3. The summed E-state index contributed by atoms with van der Waals surface area (Å²) >= 11 is 0. The van der Waals surface area contributed by atoms with Crippen LogP contribution < -0.4 is 5.32 Å². The Hall–Kier alpha value is -1.62. The van der Waals surface area contributed by atoms with Crippen LogP contribution in [0.3, 0.4) is 0 Å². The number of amides is 2. The third kappa shape index (κ3) is 5.44. The Morgan fingerprint density at radius 3 is 2.73 bits per heavy atom. The number of carbonyl (C=O) groups excluding carboxylic acids is 1. The molecule has 26 heavy (non-hydrogen) atoms. The predicted octanol–water partition coefficient (Wildman–Crippen LogP) is 3.80. The van der Waals surface area contributed by atoms with Crippen molar-refractivity contribution in [2.45, 2.75) is 76.9 Å². The van der Waals surface area contributed by atoms with E-state index in [1.165, 1.54) is 38.6 Å². The molecule has 1 atom stereocenters. The van der Waals surface area contributed by atoms with Gasteiger partial charge in [-0.2, -0.15) is 0 Å². The highest BCUT2D eigenvalue weighted by Gasteiger charge is 2.29. The lowest BCUT2D eigenvalue weighted by atomic mass is 10.0. The fourth-order valence-electron chi connectivity index (χ4n) is 4.30. The molecule has 2 aliphatic rings. The first-order valence-corrected chi connectivity index (χ1v) is 10.4. The van der Waals surface area contributed by atoms with Crippen molar-refractivity contribution in [1.82, 2.24) is 20.1 Å². The van der Waals surface area contributed by atoms with Gasteiger partial charge < -0.3 is 10.2 Å². The summed E-state index contributed by atoms with van der Waals surface area (Å²) in [5.41, 5.74) is 1.14. The molecule has 1 saturated carbocycles. The van der Waals surface area contributed by atoms with Crippen molar-refractivity contribution in [3.05, 3.63) is 30.1 Å². The van der Waals surface area contributed by atoms with Crippen LogP contribution in [-0.2, 0) is 6.54 Å². The highest BCUT2D eigenvalue weighted by Crippen LogP contribution is 2.26. The minimum Gasteiger partial charge on any atom is -0.334 e. The summed E-state index contributed by atoms with van der Waals surface area (Å²) in [5, 5.41) is 3.33. The van der Waals surface area contributed by atoms with Crippen molar-refractivity contribution in [2.75, 3.05) is 19.6 Å². The molecule has 5 heteroatoms. The Morgan fingerprint density at radius 2 is 2.00 bits per heavy atom. The Labute approximate surface area is 158 Å². The number of unbranched alkanes of at least 4 members (excludes halogenated alkanes) is 1. The second kappa shape index (κ2) is 9.91. The van der Waals surface area contributed by atoms with E-state index in [-0.39, 0.29) is 6.03 Å². The molecule has 0 unspecified atom stereocenters. The molecule has 1 saturated heterocycles. The van der Waals surface area contributed by atoms with Gasteiger partial charge >= 0.3 is 6.03 Å². The van der Waals surface area contributed by atoms with Gasteiger partial charge in [0.05, 0.1) is 0 Å². The van der Waals surface area contributed by atoms with E-state index in [2.05, 4.69) is 22.1 Å². The van der Waals surface area contributed by atoms with E-state index in [0.29, 0.717) is 12.6 Å². The molecule has 1 aliphatic carbocycles. The third-order valence-electron chi connectivity index (χ3n) is 5.81. The zero-order chi connectivity index (χ0) is 18.2. The quantitative estimate of drug-likeness (QED) is 0.806. The van der Waals surface area contributed by atoms with Gasteiger partial charge in [-0.3, -0.25) is 9.88 Å². The SMILES string of the molecule is CCCCN(Cc1ccncc1)C(=O)N[C@H]1CCCN(C2CCCC2)C1. The standard InChI is InChI=1S/C21H34N4O/c1-2-3-14-25(16-18-10-12-22-13-11-18)21(26)23-19-7-6-15-24(17-19)20-8-4-5-9-20/h10-13,19-20H,2-9,14-17H2,1H3,(H,23,26)/t19-/m0/s1. The molecule has 2 fully saturated rings. The van der Waals surface area contributed by atoms with Crippen LogP contribution >= 0.6 is 0 Å². The van der Waals surface area contributed by atoms with Gasteiger partial charge in [-0.05, 0) is 56.3 Å². The molecule has 1 aromatic rings. The predicted molar refractivity (Wildman–Crippen MR) is 105 cm³/mol. The van der Waals surface area contributed by atoms with Crippen LogP contribution in [-0.4, -0.2) is 52.5 Å². The lowest BCUT2D eigenvalue weighted by Crippen LogP contribution is -2.53. The molecule has 1 N–H and O–H groups in total. The number of urea groups is 1. The fraction of sp³-hybridized carbons (Fsp3) is 0.714. The summed E-state index contributed by atoms with van der Waals surface area (Å²) in [6.45, 7) is 5.86. The molecule has 1 aliphatic heterocycles. The molecular formula is C21H34N4O.